The first-order valence-corrected chi connectivity index (χ1v) is 15.1. The molecule has 1 unspecified atom stereocenters. The van der Waals surface area contributed by atoms with Gasteiger partial charge in [-0.1, -0.05) is 12.6 Å². The van der Waals surface area contributed by atoms with E-state index in [0.29, 0.717) is 51.0 Å². The second-order valence-corrected chi connectivity index (χ2v) is 11.4. The van der Waals surface area contributed by atoms with Crippen molar-refractivity contribution in [3.05, 3.63) is 78.8 Å². The first kappa shape index (κ1) is 29.3. The van der Waals surface area contributed by atoms with Gasteiger partial charge in [0, 0.05) is 64.2 Å². The number of carbonyl (C=O) groups is 2. The van der Waals surface area contributed by atoms with Crippen LogP contribution in [0.4, 0.5) is 10.6 Å². The van der Waals surface area contributed by atoms with E-state index < -0.39 is 0 Å². The van der Waals surface area contributed by atoms with Crippen LogP contribution in [-0.2, 0) is 4.79 Å². The molecule has 3 fully saturated rings. The maximum atomic E-state index is 13.2. The predicted octanol–water partition coefficient (Wildman–Crippen LogP) is 3.79. The molecule has 3 N–H and O–H groups in total. The highest BCUT2D eigenvalue weighted by molar-refractivity contribution is 5.87. The third-order valence-corrected chi connectivity index (χ3v) is 8.75. The number of hydrogen-bond donors (Lipinski definition) is 2. The normalized spacial score (nSPS) is 18.2. The van der Waals surface area contributed by atoms with Crippen LogP contribution in [0.3, 0.4) is 0 Å². The fraction of sp³-hybridized carbons (Fsp3) is 0.364. The average Bonchev–Trinajstić information content (AvgIpc) is 3.69. The fourth-order valence-corrected chi connectivity index (χ4v) is 6.21. The van der Waals surface area contributed by atoms with Gasteiger partial charge in [-0.05, 0) is 73.2 Å². The summed E-state index contributed by atoms with van der Waals surface area (Å²) in [5.74, 6) is 1.88. The number of aliphatic hydroxyl groups is 1. The number of pyridine rings is 2. The monoisotopic (exact) mass is 594 g/mol. The molecule has 3 aliphatic rings. The van der Waals surface area contributed by atoms with E-state index in [-0.39, 0.29) is 17.9 Å². The van der Waals surface area contributed by atoms with Crippen molar-refractivity contribution in [2.24, 2.45) is 0 Å². The molecule has 228 valence electrons. The molecule has 0 bridgehead atoms. The van der Waals surface area contributed by atoms with Crippen LogP contribution in [0.1, 0.15) is 42.4 Å². The quantitative estimate of drug-likeness (QED) is 0.336. The number of aromatic nitrogens is 4. The van der Waals surface area contributed by atoms with Gasteiger partial charge in [0.15, 0.2) is 0 Å². The summed E-state index contributed by atoms with van der Waals surface area (Å²) in [4.78, 5) is 44.8. The molecule has 0 radical (unpaired) electrons. The highest BCUT2D eigenvalue weighted by atomic mass is 16.2. The summed E-state index contributed by atoms with van der Waals surface area (Å²) in [5.41, 5.74) is 12.2. The van der Waals surface area contributed by atoms with Crippen LogP contribution >= 0.6 is 0 Å². The summed E-state index contributed by atoms with van der Waals surface area (Å²) < 4.78 is 2.13. The molecule has 11 nitrogen and oxygen atoms in total. The lowest BCUT2D eigenvalue weighted by molar-refractivity contribution is -0.127. The molecular weight excluding hydrogens is 556 g/mol. The molecule has 44 heavy (non-hydrogen) atoms. The van der Waals surface area contributed by atoms with E-state index in [0.717, 1.165) is 47.3 Å². The maximum absolute atomic E-state index is 13.2. The minimum atomic E-state index is -0.0825. The molecule has 2 saturated heterocycles. The van der Waals surface area contributed by atoms with Gasteiger partial charge in [-0.2, -0.15) is 0 Å². The number of benzene rings is 1. The number of carbonyl (C=O) groups excluding carboxylic acids is 2. The first-order valence-electron chi connectivity index (χ1n) is 15.1. The molecule has 1 saturated carbocycles. The van der Waals surface area contributed by atoms with Crippen molar-refractivity contribution in [2.45, 2.75) is 31.1 Å². The molecule has 7 rings (SSSR count). The predicted molar refractivity (Wildman–Crippen MR) is 169 cm³/mol. The number of piperazine rings is 1. The van der Waals surface area contributed by atoms with E-state index in [1.807, 2.05) is 28.1 Å². The largest absolute Gasteiger partial charge is 0.400 e. The van der Waals surface area contributed by atoms with Crippen molar-refractivity contribution in [3.63, 3.8) is 0 Å². The summed E-state index contributed by atoms with van der Waals surface area (Å²) in [6.45, 7) is 7.04. The van der Waals surface area contributed by atoms with Crippen LogP contribution in [0, 0.1) is 0 Å². The van der Waals surface area contributed by atoms with E-state index in [1.54, 1.807) is 11.1 Å². The summed E-state index contributed by atoms with van der Waals surface area (Å²) >= 11 is 0. The van der Waals surface area contributed by atoms with Gasteiger partial charge in [-0.15, -0.1) is 0 Å². The number of rotatable bonds is 5. The van der Waals surface area contributed by atoms with Crippen molar-refractivity contribution >= 4 is 28.8 Å². The van der Waals surface area contributed by atoms with Gasteiger partial charge in [-0.3, -0.25) is 14.3 Å². The Kier molecular flexibility index (Phi) is 8.30. The molecule has 2 aliphatic heterocycles. The van der Waals surface area contributed by atoms with Gasteiger partial charge >= 0.3 is 6.03 Å². The number of fused-ring (bicyclic) bond motifs is 1. The molecule has 11 heteroatoms. The third-order valence-electron chi connectivity index (χ3n) is 8.75. The lowest BCUT2D eigenvalue weighted by atomic mass is 10.0. The lowest BCUT2D eigenvalue weighted by Gasteiger charge is -2.36. The fourth-order valence-electron chi connectivity index (χ4n) is 6.21. The molecule has 0 spiro atoms. The highest BCUT2D eigenvalue weighted by Crippen LogP contribution is 2.42. The Morgan fingerprint density at radius 2 is 1.70 bits per heavy atom. The second kappa shape index (κ2) is 12.5. The van der Waals surface area contributed by atoms with Gasteiger partial charge in [0.25, 0.3) is 0 Å². The van der Waals surface area contributed by atoms with Crippen LogP contribution in [0.5, 0.6) is 0 Å². The van der Waals surface area contributed by atoms with Gasteiger partial charge < -0.3 is 25.5 Å². The summed E-state index contributed by atoms with van der Waals surface area (Å²) in [6.07, 6.45) is 8.23. The first-order chi connectivity index (χ1) is 21.5. The smallest absolute Gasteiger partial charge is 0.320 e. The number of anilines is 1. The molecule has 3 aromatic heterocycles. The molecule has 1 atom stereocenters. The number of amides is 3. The average molecular weight is 595 g/mol. The number of imidazole rings is 1. The van der Waals surface area contributed by atoms with E-state index in [9.17, 15) is 9.59 Å². The number of likely N-dealkylation sites (tertiary alicyclic amines) is 1. The number of nitrogens with two attached hydrogens (primary N) is 1. The molecule has 4 aromatic rings. The standard InChI is InChI=1S/C32H34N8O2.CH4O/c1-2-29(41)37-14-16-38(17-15-37)32(42)39-13-11-23(20-39)26-10-8-24(19-35-26)40-28-18-22(21-5-6-21)7-9-27(28)36-31(40)25-4-3-12-34-30(25)33;1-2/h2-4,7-10,12,18-19,21,23H,1,5-6,11,13-17,20H2,(H2,33,34);2H,1H3. The van der Waals surface area contributed by atoms with E-state index >= 15 is 0 Å². The Hall–Kier alpha value is -4.77. The van der Waals surface area contributed by atoms with Crippen molar-refractivity contribution < 1.29 is 14.7 Å². The van der Waals surface area contributed by atoms with Crippen LogP contribution < -0.4 is 5.73 Å². The maximum Gasteiger partial charge on any atom is 0.320 e. The van der Waals surface area contributed by atoms with Crippen LogP contribution in [0.25, 0.3) is 28.1 Å². The van der Waals surface area contributed by atoms with Crippen LogP contribution in [-0.4, -0.2) is 97.6 Å². The summed E-state index contributed by atoms with van der Waals surface area (Å²) in [7, 11) is 1.00. The van der Waals surface area contributed by atoms with Gasteiger partial charge in [0.2, 0.25) is 5.91 Å². The molecular formula is C33H38N8O3. The number of nitrogen functional groups attached to an aromatic ring is 1. The van der Waals surface area contributed by atoms with E-state index in [2.05, 4.69) is 46.5 Å². The van der Waals surface area contributed by atoms with Crippen molar-refractivity contribution in [3.8, 4) is 17.1 Å². The van der Waals surface area contributed by atoms with E-state index in [4.69, 9.17) is 20.8 Å². The van der Waals surface area contributed by atoms with Crippen molar-refractivity contribution in [1.29, 1.82) is 0 Å². The van der Waals surface area contributed by atoms with Crippen molar-refractivity contribution in [2.75, 3.05) is 52.1 Å². The zero-order valence-corrected chi connectivity index (χ0v) is 25.0. The highest BCUT2D eigenvalue weighted by Gasteiger charge is 2.33. The SMILES string of the molecule is C=CC(=O)N1CCN(C(=O)N2CCC(c3ccc(-n4c(-c5cccnc5N)nc5ccc(C6CC6)cc54)cn3)C2)CC1.CO. The number of hydrogen-bond acceptors (Lipinski definition) is 7. The van der Waals surface area contributed by atoms with Crippen molar-refractivity contribution in [1.82, 2.24) is 34.2 Å². The Labute approximate surface area is 256 Å². The Bertz CT molecular complexity index is 1670. The third kappa shape index (κ3) is 5.62. The van der Waals surface area contributed by atoms with Crippen LogP contribution in [0.2, 0.25) is 0 Å². The van der Waals surface area contributed by atoms with Crippen LogP contribution in [0.15, 0.2) is 67.5 Å². The second-order valence-electron chi connectivity index (χ2n) is 11.4. The van der Waals surface area contributed by atoms with E-state index in [1.165, 1.54) is 24.5 Å². The molecule has 1 aliphatic carbocycles. The number of urea groups is 1. The Morgan fingerprint density at radius 1 is 0.932 bits per heavy atom. The lowest BCUT2D eigenvalue weighted by Crippen LogP contribution is -2.53. The number of aliphatic hydroxyl groups excluding tert-OH is 1. The molecule has 1 aromatic carbocycles. The zero-order chi connectivity index (χ0) is 30.8. The summed E-state index contributed by atoms with van der Waals surface area (Å²) in [5, 5.41) is 7.00. The molecule has 5 heterocycles. The number of nitrogens with zero attached hydrogens (tertiary/aromatic N) is 7. The minimum Gasteiger partial charge on any atom is -0.400 e. The minimum absolute atomic E-state index is 0.0369. The van der Waals surface area contributed by atoms with Gasteiger partial charge in [-0.25, -0.2) is 14.8 Å². The summed E-state index contributed by atoms with van der Waals surface area (Å²) in [6, 6.07) is 14.5. The Balaban J connectivity index is 0.00000168. The topological polar surface area (TPSA) is 134 Å². The zero-order valence-electron chi connectivity index (χ0n) is 25.0. The van der Waals surface area contributed by atoms with Gasteiger partial charge in [0.05, 0.1) is 28.5 Å². The van der Waals surface area contributed by atoms with Gasteiger partial charge in [0.1, 0.15) is 11.6 Å². The Morgan fingerprint density at radius 3 is 2.39 bits per heavy atom. The molecule has 3 amide bonds.